The van der Waals surface area contributed by atoms with Gasteiger partial charge in [-0.25, -0.2) is 0 Å². The van der Waals surface area contributed by atoms with Crippen LogP contribution in [0.1, 0.15) is 30.1 Å². The smallest absolute Gasteiger partial charge is 0.0626 e. The van der Waals surface area contributed by atoms with Crippen molar-refractivity contribution in [2.75, 3.05) is 6.61 Å². The lowest BCUT2D eigenvalue weighted by atomic mass is 10.0. The van der Waals surface area contributed by atoms with Crippen molar-refractivity contribution in [2.24, 2.45) is 0 Å². The molecule has 0 aliphatic heterocycles. The van der Waals surface area contributed by atoms with Crippen molar-refractivity contribution in [3.63, 3.8) is 0 Å². The molecule has 0 fully saturated rings. The van der Waals surface area contributed by atoms with Crippen molar-refractivity contribution in [3.05, 3.63) is 66.0 Å². The van der Waals surface area contributed by atoms with Crippen molar-refractivity contribution in [1.29, 1.82) is 0 Å². The number of pyridine rings is 1. The fourth-order valence-electron chi connectivity index (χ4n) is 1.97. The highest BCUT2D eigenvalue weighted by molar-refractivity contribution is 5.20. The maximum atomic E-state index is 9.50. The molecule has 3 heteroatoms. The summed E-state index contributed by atoms with van der Waals surface area (Å²) in [5.74, 6) is 0. The maximum absolute atomic E-state index is 9.50. The van der Waals surface area contributed by atoms with Gasteiger partial charge in [-0.05, 0) is 24.1 Å². The second-order valence-electron chi connectivity index (χ2n) is 4.32. The van der Waals surface area contributed by atoms with E-state index >= 15 is 0 Å². The lowest BCUT2D eigenvalue weighted by Crippen LogP contribution is -2.27. The minimum Gasteiger partial charge on any atom is -0.394 e. The van der Waals surface area contributed by atoms with Gasteiger partial charge in [0.1, 0.15) is 0 Å². The van der Waals surface area contributed by atoms with Crippen LogP contribution in [-0.2, 0) is 0 Å². The number of hydrogen-bond acceptors (Lipinski definition) is 3. The Balaban J connectivity index is 2.07. The molecule has 0 spiro atoms. The third-order valence-corrected chi connectivity index (χ3v) is 3.02. The van der Waals surface area contributed by atoms with E-state index in [0.717, 1.165) is 11.1 Å². The van der Waals surface area contributed by atoms with Gasteiger partial charge in [-0.1, -0.05) is 36.4 Å². The number of hydrogen-bond donors (Lipinski definition) is 2. The van der Waals surface area contributed by atoms with Crippen molar-refractivity contribution >= 4 is 0 Å². The van der Waals surface area contributed by atoms with E-state index in [1.165, 1.54) is 0 Å². The lowest BCUT2D eigenvalue weighted by Gasteiger charge is -2.22. The first-order valence-electron chi connectivity index (χ1n) is 6.13. The van der Waals surface area contributed by atoms with Gasteiger partial charge < -0.3 is 10.4 Å². The molecular weight excluding hydrogens is 224 g/mol. The van der Waals surface area contributed by atoms with E-state index in [4.69, 9.17) is 0 Å². The first-order valence-corrected chi connectivity index (χ1v) is 6.13. The zero-order valence-electron chi connectivity index (χ0n) is 10.5. The fourth-order valence-corrected chi connectivity index (χ4v) is 1.97. The van der Waals surface area contributed by atoms with E-state index in [-0.39, 0.29) is 18.7 Å². The molecule has 0 amide bonds. The van der Waals surface area contributed by atoms with E-state index in [2.05, 4.69) is 17.2 Å². The Morgan fingerprint density at radius 1 is 1.11 bits per heavy atom. The van der Waals surface area contributed by atoms with Crippen LogP contribution in [0, 0.1) is 0 Å². The summed E-state index contributed by atoms with van der Waals surface area (Å²) in [4.78, 5) is 4.11. The zero-order valence-corrected chi connectivity index (χ0v) is 10.5. The Bertz CT molecular complexity index is 458. The third kappa shape index (κ3) is 3.15. The van der Waals surface area contributed by atoms with Gasteiger partial charge in [-0.15, -0.1) is 0 Å². The Hall–Kier alpha value is -1.71. The van der Waals surface area contributed by atoms with Crippen LogP contribution in [0.2, 0.25) is 0 Å². The van der Waals surface area contributed by atoms with Crippen LogP contribution in [0.4, 0.5) is 0 Å². The van der Waals surface area contributed by atoms with Crippen molar-refractivity contribution in [3.8, 4) is 0 Å². The summed E-state index contributed by atoms with van der Waals surface area (Å²) in [5, 5.41) is 12.9. The molecule has 2 atom stereocenters. The molecule has 0 aliphatic rings. The highest BCUT2D eigenvalue weighted by Gasteiger charge is 2.14. The van der Waals surface area contributed by atoms with Crippen LogP contribution in [0.25, 0.3) is 0 Å². The van der Waals surface area contributed by atoms with Crippen molar-refractivity contribution < 1.29 is 5.11 Å². The summed E-state index contributed by atoms with van der Waals surface area (Å²) >= 11 is 0. The van der Waals surface area contributed by atoms with Gasteiger partial charge in [0.05, 0.1) is 12.6 Å². The molecule has 0 radical (unpaired) electrons. The minimum absolute atomic E-state index is 0.0543. The van der Waals surface area contributed by atoms with Crippen LogP contribution in [-0.4, -0.2) is 16.7 Å². The van der Waals surface area contributed by atoms with Crippen molar-refractivity contribution in [2.45, 2.75) is 19.0 Å². The Kier molecular flexibility index (Phi) is 4.45. The largest absolute Gasteiger partial charge is 0.394 e. The fraction of sp³-hybridized carbons (Fsp3) is 0.267. The number of benzene rings is 1. The molecule has 1 unspecified atom stereocenters. The number of rotatable bonds is 5. The topological polar surface area (TPSA) is 45.1 Å². The molecular formula is C15H18N2O. The van der Waals surface area contributed by atoms with E-state index in [1.807, 2.05) is 48.7 Å². The average molecular weight is 242 g/mol. The molecule has 3 nitrogen and oxygen atoms in total. The SMILES string of the molecule is CC(N[C@@H](CO)c1ccccc1)c1cccnc1. The summed E-state index contributed by atoms with van der Waals surface area (Å²) in [6, 6.07) is 14.0. The minimum atomic E-state index is -0.0543. The highest BCUT2D eigenvalue weighted by atomic mass is 16.3. The zero-order chi connectivity index (χ0) is 12.8. The van der Waals surface area contributed by atoms with Gasteiger partial charge in [-0.3, -0.25) is 4.98 Å². The second kappa shape index (κ2) is 6.28. The van der Waals surface area contributed by atoms with Crippen LogP contribution in [0.3, 0.4) is 0 Å². The first-order chi connectivity index (χ1) is 8.81. The van der Waals surface area contributed by atoms with Crippen LogP contribution in [0.15, 0.2) is 54.9 Å². The Labute approximate surface area is 108 Å². The molecule has 0 saturated heterocycles. The van der Waals surface area contributed by atoms with Gasteiger partial charge >= 0.3 is 0 Å². The third-order valence-electron chi connectivity index (χ3n) is 3.02. The van der Waals surface area contributed by atoms with E-state index in [0.29, 0.717) is 0 Å². The molecule has 2 rings (SSSR count). The number of nitrogens with zero attached hydrogens (tertiary/aromatic N) is 1. The van der Waals surface area contributed by atoms with Gasteiger partial charge in [0, 0.05) is 18.4 Å². The number of aliphatic hydroxyl groups is 1. The Morgan fingerprint density at radius 2 is 1.83 bits per heavy atom. The molecule has 1 aromatic heterocycles. The van der Waals surface area contributed by atoms with Gasteiger partial charge in [0.15, 0.2) is 0 Å². The second-order valence-corrected chi connectivity index (χ2v) is 4.32. The summed E-state index contributed by atoms with van der Waals surface area (Å²) in [6.45, 7) is 2.15. The summed E-state index contributed by atoms with van der Waals surface area (Å²) in [6.07, 6.45) is 3.61. The van der Waals surface area contributed by atoms with E-state index in [1.54, 1.807) is 6.20 Å². The lowest BCUT2D eigenvalue weighted by molar-refractivity contribution is 0.235. The van der Waals surface area contributed by atoms with Gasteiger partial charge in [0.25, 0.3) is 0 Å². The van der Waals surface area contributed by atoms with Gasteiger partial charge in [-0.2, -0.15) is 0 Å². The molecule has 18 heavy (non-hydrogen) atoms. The monoisotopic (exact) mass is 242 g/mol. The van der Waals surface area contributed by atoms with E-state index in [9.17, 15) is 5.11 Å². The quantitative estimate of drug-likeness (QED) is 0.846. The molecule has 2 N–H and O–H groups in total. The first kappa shape index (κ1) is 12.7. The molecule has 0 saturated carbocycles. The number of nitrogens with one attached hydrogen (secondary N) is 1. The Morgan fingerprint density at radius 3 is 2.44 bits per heavy atom. The van der Waals surface area contributed by atoms with E-state index < -0.39 is 0 Å². The number of aromatic nitrogens is 1. The predicted molar refractivity (Wildman–Crippen MR) is 72.1 cm³/mol. The standard InChI is InChI=1S/C15H18N2O/c1-12(14-8-5-9-16-10-14)17-15(11-18)13-6-3-2-4-7-13/h2-10,12,15,17-18H,11H2,1H3/t12?,15-/m0/s1. The highest BCUT2D eigenvalue weighted by Crippen LogP contribution is 2.18. The normalized spacial score (nSPS) is 14.1. The van der Waals surface area contributed by atoms with Crippen LogP contribution < -0.4 is 5.32 Å². The van der Waals surface area contributed by atoms with Crippen LogP contribution >= 0.6 is 0 Å². The molecule has 0 bridgehead atoms. The van der Waals surface area contributed by atoms with Crippen molar-refractivity contribution in [1.82, 2.24) is 10.3 Å². The molecule has 1 heterocycles. The summed E-state index contributed by atoms with van der Waals surface area (Å²) in [7, 11) is 0. The van der Waals surface area contributed by atoms with Gasteiger partial charge in [0.2, 0.25) is 0 Å². The predicted octanol–water partition coefficient (Wildman–Crippen LogP) is 2.47. The summed E-state index contributed by atoms with van der Waals surface area (Å²) in [5.41, 5.74) is 2.21. The summed E-state index contributed by atoms with van der Waals surface area (Å²) < 4.78 is 0. The molecule has 1 aromatic carbocycles. The molecule has 2 aromatic rings. The number of aliphatic hydroxyl groups excluding tert-OH is 1. The van der Waals surface area contributed by atoms with Crippen LogP contribution in [0.5, 0.6) is 0 Å². The molecule has 94 valence electrons. The average Bonchev–Trinajstić information content (AvgIpc) is 2.46. The molecule has 0 aliphatic carbocycles. The maximum Gasteiger partial charge on any atom is 0.0626 e.